The average molecular weight is 449 g/mol. The Bertz CT molecular complexity index is 1110. The summed E-state index contributed by atoms with van der Waals surface area (Å²) in [5.41, 5.74) is 1.17. The van der Waals surface area contributed by atoms with E-state index in [1.165, 1.54) is 19.2 Å². The lowest BCUT2D eigenvalue weighted by Crippen LogP contribution is -2.35. The highest BCUT2D eigenvalue weighted by Gasteiger charge is 2.37. The van der Waals surface area contributed by atoms with E-state index in [1.54, 1.807) is 36.4 Å². The normalized spacial score (nSPS) is 11.5. The van der Waals surface area contributed by atoms with Crippen molar-refractivity contribution >= 4 is 22.9 Å². The van der Waals surface area contributed by atoms with Gasteiger partial charge < -0.3 is 19.3 Å². The van der Waals surface area contributed by atoms with Crippen molar-refractivity contribution in [2.75, 3.05) is 13.7 Å². The lowest BCUT2D eigenvalue weighted by molar-refractivity contribution is -0.147. The van der Waals surface area contributed by atoms with Crippen molar-refractivity contribution in [3.8, 4) is 5.75 Å². The van der Waals surface area contributed by atoms with Gasteiger partial charge in [-0.25, -0.2) is 4.98 Å². The van der Waals surface area contributed by atoms with Gasteiger partial charge in [0, 0.05) is 25.1 Å². The van der Waals surface area contributed by atoms with Gasteiger partial charge in [-0.2, -0.15) is 13.2 Å². The van der Waals surface area contributed by atoms with Gasteiger partial charge in [0.05, 0.1) is 18.1 Å². The number of alkyl halides is 3. The third kappa shape index (κ3) is 5.37. The van der Waals surface area contributed by atoms with E-state index >= 15 is 0 Å². The third-order valence-corrected chi connectivity index (χ3v) is 4.91. The van der Waals surface area contributed by atoms with Crippen molar-refractivity contribution in [3.05, 3.63) is 59.9 Å². The van der Waals surface area contributed by atoms with E-state index in [2.05, 4.69) is 4.98 Å². The van der Waals surface area contributed by atoms with Crippen LogP contribution in [0.4, 0.5) is 13.2 Å². The molecule has 10 heteroatoms. The van der Waals surface area contributed by atoms with E-state index in [9.17, 15) is 27.9 Å². The SMILES string of the molecule is COc1ccccc1CN(CC(=O)O)C(=O)CCCn1c(C(F)(F)F)nc2ccccc21. The molecule has 0 atom stereocenters. The van der Waals surface area contributed by atoms with Crippen LogP contribution in [-0.4, -0.2) is 45.1 Å². The Balaban J connectivity index is 1.74. The summed E-state index contributed by atoms with van der Waals surface area (Å²) in [5.74, 6) is -2.18. The summed E-state index contributed by atoms with van der Waals surface area (Å²) in [5, 5.41) is 9.19. The number of ether oxygens (including phenoxy) is 1. The molecule has 0 saturated heterocycles. The molecule has 7 nitrogen and oxygen atoms in total. The molecule has 1 heterocycles. The maximum atomic E-state index is 13.4. The number of hydrogen-bond acceptors (Lipinski definition) is 4. The molecule has 0 saturated carbocycles. The Morgan fingerprint density at radius 3 is 2.50 bits per heavy atom. The number of carbonyl (C=O) groups is 2. The Labute approximate surface area is 182 Å². The number of halogens is 3. The third-order valence-electron chi connectivity index (χ3n) is 4.91. The highest BCUT2D eigenvalue weighted by atomic mass is 19.4. The number of hydrogen-bond donors (Lipinski definition) is 1. The first-order valence-corrected chi connectivity index (χ1v) is 9.84. The molecule has 0 unspecified atom stereocenters. The van der Waals surface area contributed by atoms with Gasteiger partial charge in [0.15, 0.2) is 0 Å². The lowest BCUT2D eigenvalue weighted by Gasteiger charge is -2.22. The van der Waals surface area contributed by atoms with E-state index in [0.29, 0.717) is 16.8 Å². The van der Waals surface area contributed by atoms with Crippen LogP contribution in [0.2, 0.25) is 0 Å². The zero-order valence-electron chi connectivity index (χ0n) is 17.3. The molecule has 2 aromatic carbocycles. The Morgan fingerprint density at radius 2 is 1.81 bits per heavy atom. The number of aryl methyl sites for hydroxylation is 1. The molecule has 0 radical (unpaired) electrons. The first kappa shape index (κ1) is 23.1. The number of aliphatic carboxylic acids is 1. The van der Waals surface area contributed by atoms with Crippen molar-refractivity contribution in [3.63, 3.8) is 0 Å². The molecule has 1 aromatic heterocycles. The zero-order valence-corrected chi connectivity index (χ0v) is 17.3. The maximum Gasteiger partial charge on any atom is 0.449 e. The summed E-state index contributed by atoms with van der Waals surface area (Å²) in [6, 6.07) is 13.2. The molecule has 3 rings (SSSR count). The Morgan fingerprint density at radius 1 is 1.12 bits per heavy atom. The largest absolute Gasteiger partial charge is 0.496 e. The second-order valence-electron chi connectivity index (χ2n) is 7.13. The number of para-hydroxylation sites is 3. The maximum absolute atomic E-state index is 13.4. The van der Waals surface area contributed by atoms with E-state index in [4.69, 9.17) is 4.74 Å². The number of carboxylic acids is 1. The molecule has 0 spiro atoms. The molecule has 0 fully saturated rings. The van der Waals surface area contributed by atoms with Gasteiger partial charge in [-0.15, -0.1) is 0 Å². The smallest absolute Gasteiger partial charge is 0.449 e. The van der Waals surface area contributed by atoms with E-state index in [-0.39, 0.29) is 31.4 Å². The minimum atomic E-state index is -4.64. The molecule has 1 amide bonds. The number of methoxy groups -OCH3 is 1. The van der Waals surface area contributed by atoms with Crippen molar-refractivity contribution in [1.82, 2.24) is 14.5 Å². The lowest BCUT2D eigenvalue weighted by atomic mass is 10.1. The van der Waals surface area contributed by atoms with Crippen molar-refractivity contribution < 1.29 is 32.6 Å². The second kappa shape index (κ2) is 9.71. The number of amides is 1. The predicted molar refractivity (Wildman–Crippen MR) is 110 cm³/mol. The highest BCUT2D eigenvalue weighted by molar-refractivity contribution is 5.81. The topological polar surface area (TPSA) is 84.7 Å². The van der Waals surface area contributed by atoms with Gasteiger partial charge in [0.1, 0.15) is 12.3 Å². The molecule has 1 N–H and O–H groups in total. The molecule has 0 aliphatic heterocycles. The van der Waals surface area contributed by atoms with Crippen LogP contribution >= 0.6 is 0 Å². The Kier molecular flexibility index (Phi) is 7.01. The van der Waals surface area contributed by atoms with Gasteiger partial charge in [0.2, 0.25) is 11.7 Å². The van der Waals surface area contributed by atoms with Crippen LogP contribution in [0.1, 0.15) is 24.2 Å². The molecule has 0 aliphatic carbocycles. The van der Waals surface area contributed by atoms with Crippen molar-refractivity contribution in [2.24, 2.45) is 0 Å². The van der Waals surface area contributed by atoms with Crippen LogP contribution in [0.5, 0.6) is 5.75 Å². The first-order valence-electron chi connectivity index (χ1n) is 9.84. The summed E-state index contributed by atoms with van der Waals surface area (Å²) < 4.78 is 46.6. The van der Waals surface area contributed by atoms with E-state index in [1.807, 2.05) is 0 Å². The standard InChI is InChI=1S/C22H22F3N3O4/c1-32-18-10-5-2-7-15(18)13-27(14-20(30)31)19(29)11-6-12-28-17-9-4-3-8-16(17)26-21(28)22(23,24)25/h2-5,7-10H,6,11-14H2,1H3,(H,30,31). The molecule has 0 bridgehead atoms. The number of carboxylic acid groups (broad SMARTS) is 1. The van der Waals surface area contributed by atoms with Crippen LogP contribution in [0.15, 0.2) is 48.5 Å². The fraction of sp³-hybridized carbons (Fsp3) is 0.318. The summed E-state index contributed by atoms with van der Waals surface area (Å²) in [4.78, 5) is 28.8. The van der Waals surface area contributed by atoms with Gasteiger partial charge in [-0.3, -0.25) is 9.59 Å². The molecular formula is C22H22F3N3O4. The van der Waals surface area contributed by atoms with Crippen molar-refractivity contribution in [1.29, 1.82) is 0 Å². The van der Waals surface area contributed by atoms with Gasteiger partial charge in [-0.05, 0) is 24.6 Å². The quantitative estimate of drug-likeness (QED) is 0.535. The molecule has 3 aromatic rings. The van der Waals surface area contributed by atoms with Crippen LogP contribution < -0.4 is 4.74 Å². The van der Waals surface area contributed by atoms with Gasteiger partial charge in [0.25, 0.3) is 0 Å². The van der Waals surface area contributed by atoms with E-state index < -0.39 is 30.4 Å². The Hall–Kier alpha value is -3.56. The number of benzene rings is 2. The minimum absolute atomic E-state index is 0.0109. The van der Waals surface area contributed by atoms with Crippen molar-refractivity contribution in [2.45, 2.75) is 32.1 Å². The zero-order chi connectivity index (χ0) is 23.3. The number of nitrogens with zero attached hydrogens (tertiary/aromatic N) is 3. The summed E-state index contributed by atoms with van der Waals surface area (Å²) >= 11 is 0. The van der Waals surface area contributed by atoms with E-state index in [0.717, 1.165) is 9.47 Å². The molecule has 170 valence electrons. The first-order chi connectivity index (χ1) is 15.2. The van der Waals surface area contributed by atoms with Crippen LogP contribution in [0.25, 0.3) is 11.0 Å². The summed E-state index contributed by atoms with van der Waals surface area (Å²) in [6.07, 6.45) is -4.67. The van der Waals surface area contributed by atoms with Crippen LogP contribution in [0, 0.1) is 0 Å². The van der Waals surface area contributed by atoms with Gasteiger partial charge in [-0.1, -0.05) is 30.3 Å². The highest BCUT2D eigenvalue weighted by Crippen LogP contribution is 2.31. The average Bonchev–Trinajstić information content (AvgIpc) is 3.12. The fourth-order valence-electron chi connectivity index (χ4n) is 3.50. The van der Waals surface area contributed by atoms with Crippen LogP contribution in [0.3, 0.4) is 0 Å². The number of aromatic nitrogens is 2. The molecule has 0 aliphatic rings. The second-order valence-corrected chi connectivity index (χ2v) is 7.13. The number of imidazole rings is 1. The molecular weight excluding hydrogens is 427 g/mol. The fourth-order valence-corrected chi connectivity index (χ4v) is 3.50. The summed E-state index contributed by atoms with van der Waals surface area (Å²) in [6.45, 7) is -0.605. The van der Waals surface area contributed by atoms with Gasteiger partial charge >= 0.3 is 12.1 Å². The number of rotatable bonds is 9. The predicted octanol–water partition coefficient (Wildman–Crippen LogP) is 3.96. The number of carbonyl (C=O) groups excluding carboxylic acids is 1. The summed E-state index contributed by atoms with van der Waals surface area (Å²) in [7, 11) is 1.47. The minimum Gasteiger partial charge on any atom is -0.496 e. The van der Waals surface area contributed by atoms with Crippen LogP contribution in [-0.2, 0) is 28.9 Å². The molecule has 32 heavy (non-hydrogen) atoms. The number of fused-ring (bicyclic) bond motifs is 1. The monoisotopic (exact) mass is 449 g/mol.